The summed E-state index contributed by atoms with van der Waals surface area (Å²) in [5, 5.41) is 2.95. The molecule has 6 heteroatoms. The monoisotopic (exact) mass is 267 g/mol. The van der Waals surface area contributed by atoms with Crippen LogP contribution in [-0.2, 0) is 0 Å². The van der Waals surface area contributed by atoms with Crippen molar-refractivity contribution in [1.29, 1.82) is 0 Å². The van der Waals surface area contributed by atoms with E-state index >= 15 is 0 Å². The van der Waals surface area contributed by atoms with Gasteiger partial charge in [-0.3, -0.25) is 0 Å². The Balaban J connectivity index is 2.49. The molecule has 0 saturated carbocycles. The third-order valence-corrected chi connectivity index (χ3v) is 2.63. The minimum absolute atomic E-state index is 0.0213. The number of hydrogen-bond acceptors (Lipinski definition) is 3. The average Bonchev–Trinajstić information content (AvgIpc) is 2.44. The summed E-state index contributed by atoms with van der Waals surface area (Å²) in [6.45, 7) is 2.31. The van der Waals surface area contributed by atoms with E-state index in [-0.39, 0.29) is 5.56 Å². The first-order chi connectivity index (χ1) is 9.15. The van der Waals surface area contributed by atoms with Crippen molar-refractivity contribution < 1.29 is 13.2 Å². The lowest BCUT2D eigenvalue weighted by atomic mass is 10.0. The number of rotatable bonds is 4. The van der Waals surface area contributed by atoms with Gasteiger partial charge in [-0.1, -0.05) is 13.0 Å². The normalized spacial score (nSPS) is 12.4. The molecule has 0 radical (unpaired) electrons. The van der Waals surface area contributed by atoms with E-state index in [0.29, 0.717) is 12.4 Å². The zero-order chi connectivity index (χ0) is 13.8. The van der Waals surface area contributed by atoms with Crippen molar-refractivity contribution in [2.75, 3.05) is 6.54 Å². The van der Waals surface area contributed by atoms with Gasteiger partial charge in [0.2, 0.25) is 0 Å². The maximum Gasteiger partial charge on any atom is 0.194 e. The van der Waals surface area contributed by atoms with Gasteiger partial charge in [0.25, 0.3) is 0 Å². The molecule has 0 fully saturated rings. The molecule has 1 N–H and O–H groups in total. The molecule has 0 bridgehead atoms. The van der Waals surface area contributed by atoms with Crippen LogP contribution in [0.25, 0.3) is 0 Å². The zero-order valence-electron chi connectivity index (χ0n) is 10.2. The maximum absolute atomic E-state index is 13.8. The van der Waals surface area contributed by atoms with E-state index in [1.807, 2.05) is 6.92 Å². The fourth-order valence-electron chi connectivity index (χ4n) is 1.77. The van der Waals surface area contributed by atoms with E-state index in [9.17, 15) is 13.2 Å². The van der Waals surface area contributed by atoms with E-state index in [4.69, 9.17) is 0 Å². The molecule has 1 aromatic carbocycles. The van der Waals surface area contributed by atoms with Crippen molar-refractivity contribution in [2.24, 2.45) is 0 Å². The molecule has 1 heterocycles. The van der Waals surface area contributed by atoms with E-state index in [1.165, 1.54) is 18.5 Å². The topological polar surface area (TPSA) is 37.8 Å². The van der Waals surface area contributed by atoms with Crippen LogP contribution in [0.3, 0.4) is 0 Å². The van der Waals surface area contributed by atoms with Gasteiger partial charge >= 0.3 is 0 Å². The summed E-state index contributed by atoms with van der Waals surface area (Å²) in [6.07, 6.45) is 3.01. The van der Waals surface area contributed by atoms with Gasteiger partial charge in [-0.25, -0.2) is 23.1 Å². The highest BCUT2D eigenvalue weighted by atomic mass is 19.2. The highest BCUT2D eigenvalue weighted by molar-refractivity contribution is 5.28. The second-order valence-electron chi connectivity index (χ2n) is 3.86. The Labute approximate surface area is 108 Å². The van der Waals surface area contributed by atoms with Crippen molar-refractivity contribution >= 4 is 0 Å². The first-order valence-corrected chi connectivity index (χ1v) is 5.78. The number of nitrogens with one attached hydrogen (secondary N) is 1. The third-order valence-electron chi connectivity index (χ3n) is 2.63. The van der Waals surface area contributed by atoms with Gasteiger partial charge in [0.05, 0.1) is 6.04 Å². The van der Waals surface area contributed by atoms with Gasteiger partial charge in [0.15, 0.2) is 17.5 Å². The fraction of sp³-hybridized carbons (Fsp3) is 0.231. The summed E-state index contributed by atoms with van der Waals surface area (Å²) >= 11 is 0. The maximum atomic E-state index is 13.8. The molecule has 2 aromatic rings. The van der Waals surface area contributed by atoms with Crippen molar-refractivity contribution in [1.82, 2.24) is 15.3 Å². The van der Waals surface area contributed by atoms with Crippen LogP contribution in [0.2, 0.25) is 0 Å². The van der Waals surface area contributed by atoms with Gasteiger partial charge in [-0.2, -0.15) is 0 Å². The Kier molecular flexibility index (Phi) is 4.11. The molecule has 100 valence electrons. The van der Waals surface area contributed by atoms with Crippen molar-refractivity contribution in [3.8, 4) is 0 Å². The summed E-state index contributed by atoms with van der Waals surface area (Å²) in [6, 6.07) is 2.98. The van der Waals surface area contributed by atoms with Crippen LogP contribution in [0.4, 0.5) is 13.2 Å². The molecule has 0 saturated heterocycles. The molecule has 3 nitrogen and oxygen atoms in total. The smallest absolute Gasteiger partial charge is 0.194 e. The van der Waals surface area contributed by atoms with Gasteiger partial charge in [-0.05, 0) is 18.7 Å². The van der Waals surface area contributed by atoms with Crippen molar-refractivity contribution in [2.45, 2.75) is 13.0 Å². The molecule has 1 aromatic heterocycles. The summed E-state index contributed by atoms with van der Waals surface area (Å²) in [5.41, 5.74) is -0.0213. The zero-order valence-corrected chi connectivity index (χ0v) is 10.2. The predicted molar refractivity (Wildman–Crippen MR) is 63.9 cm³/mol. The highest BCUT2D eigenvalue weighted by Crippen LogP contribution is 2.24. The van der Waals surface area contributed by atoms with Gasteiger partial charge in [0.1, 0.15) is 5.82 Å². The molecule has 1 atom stereocenters. The summed E-state index contributed by atoms with van der Waals surface area (Å²) < 4.78 is 40.0. The van der Waals surface area contributed by atoms with Crippen LogP contribution in [0.1, 0.15) is 24.4 Å². The number of benzene rings is 1. The van der Waals surface area contributed by atoms with Crippen LogP contribution < -0.4 is 5.32 Å². The lowest BCUT2D eigenvalue weighted by molar-refractivity contribution is 0.431. The molecule has 19 heavy (non-hydrogen) atoms. The second kappa shape index (κ2) is 5.79. The Morgan fingerprint density at radius 3 is 2.42 bits per heavy atom. The fourth-order valence-corrected chi connectivity index (χ4v) is 1.77. The molecule has 0 amide bonds. The van der Waals surface area contributed by atoms with Gasteiger partial charge < -0.3 is 5.32 Å². The van der Waals surface area contributed by atoms with E-state index in [0.717, 1.165) is 6.07 Å². The lowest BCUT2D eigenvalue weighted by Crippen LogP contribution is -2.25. The van der Waals surface area contributed by atoms with Gasteiger partial charge in [-0.15, -0.1) is 0 Å². The van der Waals surface area contributed by atoms with Crippen LogP contribution in [0.15, 0.2) is 30.6 Å². The lowest BCUT2D eigenvalue weighted by Gasteiger charge is -2.17. The number of nitrogens with zero attached hydrogens (tertiary/aromatic N) is 2. The standard InChI is InChI=1S/C13H12F3N3/c1-2-17-12(13-18-6-3-7-19-13)8-4-5-9(14)11(16)10(8)15/h3-7,12,17H,2H2,1H3. The molecule has 0 aliphatic heterocycles. The van der Waals surface area contributed by atoms with Crippen LogP contribution >= 0.6 is 0 Å². The molecule has 2 rings (SSSR count). The summed E-state index contributed by atoms with van der Waals surface area (Å²) in [7, 11) is 0. The predicted octanol–water partition coefficient (Wildman–Crippen LogP) is 2.59. The van der Waals surface area contributed by atoms with E-state index in [1.54, 1.807) is 6.07 Å². The summed E-state index contributed by atoms with van der Waals surface area (Å²) in [5.74, 6) is -3.63. The summed E-state index contributed by atoms with van der Waals surface area (Å²) in [4.78, 5) is 8.02. The molecular formula is C13H12F3N3. The minimum Gasteiger partial charge on any atom is -0.304 e. The Morgan fingerprint density at radius 1 is 1.11 bits per heavy atom. The first-order valence-electron chi connectivity index (χ1n) is 5.78. The third kappa shape index (κ3) is 2.73. The van der Waals surface area contributed by atoms with Crippen LogP contribution in [0.5, 0.6) is 0 Å². The highest BCUT2D eigenvalue weighted by Gasteiger charge is 2.23. The quantitative estimate of drug-likeness (QED) is 0.865. The Bertz CT molecular complexity index is 561. The molecule has 0 spiro atoms. The van der Waals surface area contributed by atoms with E-state index < -0.39 is 23.5 Å². The van der Waals surface area contributed by atoms with Crippen molar-refractivity contribution in [3.05, 3.63) is 59.4 Å². The van der Waals surface area contributed by atoms with Crippen LogP contribution in [0, 0.1) is 17.5 Å². The average molecular weight is 267 g/mol. The number of hydrogen-bond donors (Lipinski definition) is 1. The second-order valence-corrected chi connectivity index (χ2v) is 3.86. The van der Waals surface area contributed by atoms with Gasteiger partial charge in [0, 0.05) is 18.0 Å². The largest absolute Gasteiger partial charge is 0.304 e. The van der Waals surface area contributed by atoms with Crippen LogP contribution in [-0.4, -0.2) is 16.5 Å². The Hall–Kier alpha value is -1.95. The molecule has 0 aliphatic carbocycles. The Morgan fingerprint density at radius 2 is 1.79 bits per heavy atom. The SMILES string of the molecule is CCNC(c1ncccn1)c1ccc(F)c(F)c1F. The van der Waals surface area contributed by atoms with E-state index in [2.05, 4.69) is 15.3 Å². The number of halogens is 3. The van der Waals surface area contributed by atoms with Crippen molar-refractivity contribution in [3.63, 3.8) is 0 Å². The molecular weight excluding hydrogens is 255 g/mol. The number of aromatic nitrogens is 2. The molecule has 0 aliphatic rings. The first kappa shape index (κ1) is 13.5. The minimum atomic E-state index is -1.49. The molecule has 1 unspecified atom stereocenters.